The third-order valence-electron chi connectivity index (χ3n) is 8.45. The first-order valence-corrected chi connectivity index (χ1v) is 22.8. The third kappa shape index (κ3) is 16.6. The number of anilines is 2. The molecule has 1 aliphatic rings. The van der Waals surface area contributed by atoms with E-state index in [1.165, 1.54) is 19.1 Å². The van der Waals surface area contributed by atoms with E-state index in [1.54, 1.807) is 116 Å². The van der Waals surface area contributed by atoms with Crippen molar-refractivity contribution in [3.8, 4) is 0 Å². The van der Waals surface area contributed by atoms with Crippen LogP contribution in [-0.4, -0.2) is 67.2 Å². The van der Waals surface area contributed by atoms with E-state index >= 15 is 0 Å². The molecule has 4 rings (SSSR count). The SMILES string of the molecule is C.CCOP(=O)(Cc1ccc(NC(=O)[C@H](CC2CCCC2)c2ccc(S(C)(=O)=O)cc2)nc1)OCC.Cc1ccc(N(C(=O)OC(C)(C)C)C(=O)OC(C)(C)C)nc1. The van der Waals surface area contributed by atoms with Crippen molar-refractivity contribution >= 4 is 47.2 Å². The summed E-state index contributed by atoms with van der Waals surface area (Å²) in [5.41, 5.74) is 0.918. The zero-order valence-corrected chi connectivity index (χ0v) is 36.6. The number of sulfone groups is 1. The van der Waals surface area contributed by atoms with Gasteiger partial charge in [-0.15, -0.1) is 0 Å². The average molecular weight is 847 g/mol. The molecule has 3 aromatic rings. The number of hydrogen-bond donors (Lipinski definition) is 1. The fourth-order valence-corrected chi connectivity index (χ4v) is 8.25. The highest BCUT2D eigenvalue weighted by atomic mass is 32.2. The molecule has 0 aliphatic heterocycles. The molecule has 1 aromatic carbocycles. The molecule has 322 valence electrons. The smallest absolute Gasteiger partial charge is 0.425 e. The number of ether oxygens (including phenoxy) is 2. The van der Waals surface area contributed by atoms with E-state index in [2.05, 4.69) is 15.3 Å². The van der Waals surface area contributed by atoms with Crippen molar-refractivity contribution in [2.45, 2.75) is 130 Å². The third-order valence-corrected chi connectivity index (χ3v) is 11.6. The van der Waals surface area contributed by atoms with Gasteiger partial charge in [0.2, 0.25) is 5.91 Å². The van der Waals surface area contributed by atoms with E-state index in [0.717, 1.165) is 28.9 Å². The van der Waals surface area contributed by atoms with Crippen molar-refractivity contribution in [3.05, 3.63) is 77.6 Å². The standard InChI is InChI=1S/C25H35N2O6PS.C16H24N2O4.CH4/c1-4-32-34(29,33-5-2)18-20-10-15-24(26-17-20)27-25(28)23(16-19-8-6-7-9-19)21-11-13-22(14-12-21)35(3,30)31;1-11-8-9-12(17-10-11)18(13(19)21-15(2,3)4)14(20)22-16(5,6)7;/h10-15,17,19,23H,4-9,16,18H2,1-3H3,(H,26,27,28);8-10H,1-7H3;1H4/t23-;;/m1../s1. The lowest BCUT2D eigenvalue weighted by Gasteiger charge is -2.28. The van der Waals surface area contributed by atoms with Gasteiger partial charge in [0, 0.05) is 18.6 Å². The topological polar surface area (TPSA) is 180 Å². The van der Waals surface area contributed by atoms with Crippen molar-refractivity contribution in [3.63, 3.8) is 0 Å². The molecule has 0 spiro atoms. The highest BCUT2D eigenvalue weighted by Crippen LogP contribution is 2.51. The Kier molecular flexibility index (Phi) is 18.7. The van der Waals surface area contributed by atoms with Crippen LogP contribution < -0.4 is 10.2 Å². The lowest BCUT2D eigenvalue weighted by molar-refractivity contribution is -0.118. The van der Waals surface area contributed by atoms with Crippen molar-refractivity contribution in [2.75, 3.05) is 29.7 Å². The fourth-order valence-electron chi connectivity index (χ4n) is 5.94. The number of hydrogen-bond acceptors (Lipinski definition) is 12. The number of nitrogens with one attached hydrogen (secondary N) is 1. The van der Waals surface area contributed by atoms with Crippen LogP contribution in [0.4, 0.5) is 21.2 Å². The van der Waals surface area contributed by atoms with E-state index < -0.39 is 46.7 Å². The quantitative estimate of drug-likeness (QED) is 0.161. The molecule has 58 heavy (non-hydrogen) atoms. The number of carbonyl (C=O) groups is 3. The number of aromatic nitrogens is 2. The van der Waals surface area contributed by atoms with E-state index in [9.17, 15) is 27.4 Å². The number of benzene rings is 1. The van der Waals surface area contributed by atoms with Gasteiger partial charge in [0.05, 0.1) is 30.2 Å². The van der Waals surface area contributed by atoms with Crippen LogP contribution in [0.25, 0.3) is 0 Å². The second kappa shape index (κ2) is 21.7. The molecule has 16 heteroatoms. The zero-order chi connectivity index (χ0) is 42.6. The van der Waals surface area contributed by atoms with E-state index in [4.69, 9.17) is 18.5 Å². The van der Waals surface area contributed by atoms with Crippen LogP contribution in [-0.2, 0) is 43.9 Å². The minimum atomic E-state index is -3.31. The van der Waals surface area contributed by atoms with Crippen LogP contribution in [0, 0.1) is 12.8 Å². The van der Waals surface area contributed by atoms with Gasteiger partial charge in [-0.1, -0.05) is 57.4 Å². The fraction of sp³-hybridized carbons (Fsp3) is 0.548. The predicted octanol–water partition coefficient (Wildman–Crippen LogP) is 10.3. The molecule has 1 N–H and O–H groups in total. The summed E-state index contributed by atoms with van der Waals surface area (Å²) in [5, 5.41) is 2.90. The van der Waals surface area contributed by atoms with Crippen LogP contribution >= 0.6 is 7.60 Å². The largest absolute Gasteiger partial charge is 0.443 e. The minimum Gasteiger partial charge on any atom is -0.443 e. The number of imide groups is 1. The molecule has 0 saturated heterocycles. The van der Waals surface area contributed by atoms with Gasteiger partial charge in [0.1, 0.15) is 22.8 Å². The van der Waals surface area contributed by atoms with Crippen LogP contribution in [0.3, 0.4) is 0 Å². The lowest BCUT2D eigenvalue weighted by atomic mass is 9.87. The van der Waals surface area contributed by atoms with Crippen LogP contribution in [0.5, 0.6) is 0 Å². The molecule has 0 radical (unpaired) electrons. The summed E-state index contributed by atoms with van der Waals surface area (Å²) in [7, 11) is -6.55. The normalized spacial score (nSPS) is 14.0. The Morgan fingerprint density at radius 1 is 0.845 bits per heavy atom. The Balaban J connectivity index is 0.000000437. The molecular formula is C42H63N4O10PS. The van der Waals surface area contributed by atoms with E-state index in [1.807, 2.05) is 6.92 Å². The summed E-state index contributed by atoms with van der Waals surface area (Å²) < 4.78 is 57.6. The summed E-state index contributed by atoms with van der Waals surface area (Å²) in [5.74, 6) is 0.421. The molecule has 14 nitrogen and oxygen atoms in total. The first-order chi connectivity index (χ1) is 26.5. The first-order valence-electron chi connectivity index (χ1n) is 19.1. The molecule has 2 heterocycles. The Morgan fingerprint density at radius 2 is 1.40 bits per heavy atom. The number of amides is 3. The molecule has 0 bridgehead atoms. The Hall–Kier alpha value is -4.17. The predicted molar refractivity (Wildman–Crippen MR) is 227 cm³/mol. The van der Waals surface area contributed by atoms with E-state index in [-0.39, 0.29) is 43.4 Å². The molecule has 1 saturated carbocycles. The van der Waals surface area contributed by atoms with Gasteiger partial charge in [-0.05, 0) is 116 Å². The Labute approximate surface area is 345 Å². The Morgan fingerprint density at radius 3 is 1.83 bits per heavy atom. The molecular weight excluding hydrogens is 784 g/mol. The lowest BCUT2D eigenvalue weighted by Crippen LogP contribution is -2.44. The van der Waals surface area contributed by atoms with Crippen LogP contribution in [0.2, 0.25) is 0 Å². The number of rotatable bonds is 13. The zero-order valence-electron chi connectivity index (χ0n) is 34.9. The monoisotopic (exact) mass is 846 g/mol. The number of nitrogens with zero attached hydrogens (tertiary/aromatic N) is 3. The van der Waals surface area contributed by atoms with Gasteiger partial charge in [-0.25, -0.2) is 28.0 Å². The minimum absolute atomic E-state index is 0. The highest BCUT2D eigenvalue weighted by molar-refractivity contribution is 7.90. The maximum atomic E-state index is 13.3. The summed E-state index contributed by atoms with van der Waals surface area (Å²) in [6, 6.07) is 13.3. The Bertz CT molecular complexity index is 1900. The van der Waals surface area contributed by atoms with Crippen molar-refractivity contribution in [1.29, 1.82) is 0 Å². The van der Waals surface area contributed by atoms with Crippen molar-refractivity contribution in [2.24, 2.45) is 5.92 Å². The van der Waals surface area contributed by atoms with E-state index in [0.29, 0.717) is 23.7 Å². The molecule has 1 atom stereocenters. The summed E-state index contributed by atoms with van der Waals surface area (Å²) in [6.45, 7) is 16.3. The summed E-state index contributed by atoms with van der Waals surface area (Å²) in [4.78, 5) is 47.5. The summed E-state index contributed by atoms with van der Waals surface area (Å²) >= 11 is 0. The second-order valence-corrected chi connectivity index (χ2v) is 20.0. The first kappa shape index (κ1) is 50.0. The maximum Gasteiger partial charge on any atom is 0.425 e. The molecule has 2 aromatic heterocycles. The van der Waals surface area contributed by atoms with Crippen LogP contribution in [0.1, 0.15) is 118 Å². The van der Waals surface area contributed by atoms with Gasteiger partial charge in [-0.3, -0.25) is 9.36 Å². The molecule has 3 amide bonds. The van der Waals surface area contributed by atoms with Gasteiger partial charge in [0.15, 0.2) is 9.84 Å². The van der Waals surface area contributed by atoms with Crippen LogP contribution in [0.15, 0.2) is 65.8 Å². The van der Waals surface area contributed by atoms with Gasteiger partial charge in [0.25, 0.3) is 0 Å². The van der Waals surface area contributed by atoms with Gasteiger partial charge in [-0.2, -0.15) is 4.90 Å². The van der Waals surface area contributed by atoms with Gasteiger partial charge >= 0.3 is 19.8 Å². The number of carbonyl (C=O) groups excluding carboxylic acids is 3. The highest BCUT2D eigenvalue weighted by Gasteiger charge is 2.33. The molecule has 1 aliphatic carbocycles. The number of aryl methyl sites for hydroxylation is 1. The average Bonchev–Trinajstić information content (AvgIpc) is 3.61. The molecule has 1 fully saturated rings. The van der Waals surface area contributed by atoms with Crippen molar-refractivity contribution < 1.29 is 45.9 Å². The summed E-state index contributed by atoms with van der Waals surface area (Å²) in [6.07, 6.45) is 7.99. The maximum absolute atomic E-state index is 13.3. The molecule has 0 unspecified atom stereocenters. The van der Waals surface area contributed by atoms with Crippen molar-refractivity contribution in [1.82, 2.24) is 9.97 Å². The van der Waals surface area contributed by atoms with Gasteiger partial charge < -0.3 is 23.8 Å². The number of pyridine rings is 2. The second-order valence-electron chi connectivity index (χ2n) is 15.9.